The second-order valence-electron chi connectivity index (χ2n) is 4.62. The Hall–Kier alpha value is -1.53. The van der Waals surface area contributed by atoms with Crippen molar-refractivity contribution in [1.29, 1.82) is 5.26 Å². The van der Waals surface area contributed by atoms with Gasteiger partial charge in [-0.1, -0.05) is 30.2 Å². The van der Waals surface area contributed by atoms with Gasteiger partial charge in [0.25, 0.3) is 0 Å². The molecule has 1 aromatic rings. The molecule has 1 aromatic carbocycles. The highest BCUT2D eigenvalue weighted by atomic mass is 35.5. The highest BCUT2D eigenvalue weighted by Crippen LogP contribution is 2.31. The van der Waals surface area contributed by atoms with Gasteiger partial charge in [0.2, 0.25) is 5.91 Å². The molecule has 94 valence electrons. The fourth-order valence-electron chi connectivity index (χ4n) is 2.35. The lowest BCUT2D eigenvalue weighted by Gasteiger charge is -2.13. The van der Waals surface area contributed by atoms with Crippen molar-refractivity contribution in [3.8, 4) is 6.07 Å². The van der Waals surface area contributed by atoms with E-state index in [0.29, 0.717) is 11.6 Å². The van der Waals surface area contributed by atoms with Gasteiger partial charge in [0.1, 0.15) is 0 Å². The zero-order valence-electron chi connectivity index (χ0n) is 10.0. The molecule has 1 fully saturated rings. The zero-order chi connectivity index (χ0) is 13.0. The molecule has 1 aliphatic rings. The second kappa shape index (κ2) is 5.88. The summed E-state index contributed by atoms with van der Waals surface area (Å²) in [6, 6.07) is 9.60. The summed E-state index contributed by atoms with van der Waals surface area (Å²) >= 11 is 5.79. The van der Waals surface area contributed by atoms with Gasteiger partial charge in [0.15, 0.2) is 0 Å². The van der Waals surface area contributed by atoms with E-state index < -0.39 is 0 Å². The largest absolute Gasteiger partial charge is 0.352 e. The predicted molar refractivity (Wildman–Crippen MR) is 69.7 cm³/mol. The van der Waals surface area contributed by atoms with E-state index in [0.717, 1.165) is 24.8 Å². The van der Waals surface area contributed by atoms with E-state index >= 15 is 0 Å². The van der Waals surface area contributed by atoms with Gasteiger partial charge < -0.3 is 5.32 Å². The van der Waals surface area contributed by atoms with Crippen LogP contribution in [0.1, 0.15) is 24.8 Å². The number of hydrogen-bond donors (Lipinski definition) is 1. The fraction of sp³-hybridized carbons (Fsp3) is 0.429. The van der Waals surface area contributed by atoms with Crippen LogP contribution in [-0.4, -0.2) is 5.91 Å². The van der Waals surface area contributed by atoms with Crippen molar-refractivity contribution in [3.05, 3.63) is 34.9 Å². The number of amides is 1. The third-order valence-corrected chi connectivity index (χ3v) is 3.65. The Balaban J connectivity index is 1.88. The van der Waals surface area contributed by atoms with Gasteiger partial charge in [-0.3, -0.25) is 4.79 Å². The molecule has 0 saturated heterocycles. The quantitative estimate of drug-likeness (QED) is 0.911. The van der Waals surface area contributed by atoms with Crippen LogP contribution < -0.4 is 5.32 Å². The molecule has 3 nitrogen and oxygen atoms in total. The Morgan fingerprint density at radius 3 is 2.78 bits per heavy atom. The van der Waals surface area contributed by atoms with Crippen molar-refractivity contribution in [2.45, 2.75) is 25.8 Å². The van der Waals surface area contributed by atoms with E-state index in [1.54, 1.807) is 12.1 Å². The summed E-state index contributed by atoms with van der Waals surface area (Å²) in [6.45, 7) is 0.491. The first-order chi connectivity index (χ1) is 8.70. The van der Waals surface area contributed by atoms with Crippen LogP contribution in [0.3, 0.4) is 0 Å². The molecule has 1 N–H and O–H groups in total. The maximum Gasteiger partial charge on any atom is 0.224 e. The molecule has 18 heavy (non-hydrogen) atoms. The summed E-state index contributed by atoms with van der Waals surface area (Å²) in [5.41, 5.74) is 1.01. The number of rotatable bonds is 3. The third-order valence-electron chi connectivity index (χ3n) is 3.40. The van der Waals surface area contributed by atoms with Crippen molar-refractivity contribution < 1.29 is 4.79 Å². The summed E-state index contributed by atoms with van der Waals surface area (Å²) in [7, 11) is 0. The zero-order valence-corrected chi connectivity index (χ0v) is 10.8. The first kappa shape index (κ1) is 12.9. The minimum absolute atomic E-state index is 0.00556. The van der Waals surface area contributed by atoms with Crippen molar-refractivity contribution in [1.82, 2.24) is 5.32 Å². The maximum absolute atomic E-state index is 12.0. The van der Waals surface area contributed by atoms with Crippen LogP contribution in [0.4, 0.5) is 0 Å². The molecule has 2 atom stereocenters. The van der Waals surface area contributed by atoms with Crippen LogP contribution in [0, 0.1) is 23.2 Å². The van der Waals surface area contributed by atoms with E-state index in [4.69, 9.17) is 16.9 Å². The molecule has 0 spiro atoms. The summed E-state index contributed by atoms with van der Waals surface area (Å²) in [4.78, 5) is 12.0. The molecule has 4 heteroatoms. The minimum Gasteiger partial charge on any atom is -0.352 e. The van der Waals surface area contributed by atoms with Gasteiger partial charge in [-0.25, -0.2) is 0 Å². The number of carbonyl (C=O) groups is 1. The number of nitrogens with one attached hydrogen (secondary N) is 1. The third kappa shape index (κ3) is 3.02. The van der Waals surface area contributed by atoms with Gasteiger partial charge in [0, 0.05) is 11.6 Å². The summed E-state index contributed by atoms with van der Waals surface area (Å²) in [6.07, 6.45) is 2.64. The number of nitrogens with zero attached hydrogens (tertiary/aromatic N) is 1. The smallest absolute Gasteiger partial charge is 0.224 e. The predicted octanol–water partition coefficient (Wildman–Crippen LogP) is 2.90. The van der Waals surface area contributed by atoms with Gasteiger partial charge in [0.05, 0.1) is 17.9 Å². The summed E-state index contributed by atoms with van der Waals surface area (Å²) < 4.78 is 0. The fourth-order valence-corrected chi connectivity index (χ4v) is 2.48. The van der Waals surface area contributed by atoms with E-state index in [9.17, 15) is 4.79 Å². The summed E-state index contributed by atoms with van der Waals surface area (Å²) in [5, 5.41) is 12.5. The van der Waals surface area contributed by atoms with Crippen LogP contribution in [0.2, 0.25) is 5.02 Å². The molecule has 0 aliphatic heterocycles. The van der Waals surface area contributed by atoms with Crippen LogP contribution in [-0.2, 0) is 11.3 Å². The second-order valence-corrected chi connectivity index (χ2v) is 5.05. The van der Waals surface area contributed by atoms with Crippen LogP contribution in [0.15, 0.2) is 24.3 Å². The normalized spacial score (nSPS) is 22.4. The van der Waals surface area contributed by atoms with Crippen molar-refractivity contribution in [2.75, 3.05) is 0 Å². The highest BCUT2D eigenvalue weighted by molar-refractivity contribution is 6.30. The maximum atomic E-state index is 12.0. The number of benzene rings is 1. The Bertz CT molecular complexity index is 464. The van der Waals surface area contributed by atoms with Crippen molar-refractivity contribution in [3.63, 3.8) is 0 Å². The lowest BCUT2D eigenvalue weighted by molar-refractivity contribution is -0.125. The molecule has 0 bridgehead atoms. The van der Waals surface area contributed by atoms with Gasteiger partial charge in [-0.05, 0) is 30.5 Å². The SMILES string of the molecule is N#CC1CCCC1C(=O)NCc1ccc(Cl)cc1. The number of hydrogen-bond acceptors (Lipinski definition) is 2. The monoisotopic (exact) mass is 262 g/mol. The number of carbonyl (C=O) groups excluding carboxylic acids is 1. The van der Waals surface area contributed by atoms with Gasteiger partial charge in [-0.2, -0.15) is 5.26 Å². The molecule has 1 saturated carbocycles. The molecule has 1 aliphatic carbocycles. The number of halogens is 1. The Labute approximate surface area is 112 Å². The molecule has 0 aromatic heterocycles. The van der Waals surface area contributed by atoms with Crippen LogP contribution in [0.5, 0.6) is 0 Å². The van der Waals surface area contributed by atoms with E-state index in [-0.39, 0.29) is 17.7 Å². The molecular weight excluding hydrogens is 248 g/mol. The van der Waals surface area contributed by atoms with Crippen LogP contribution in [0.25, 0.3) is 0 Å². The lowest BCUT2D eigenvalue weighted by Crippen LogP contribution is -2.31. The standard InChI is InChI=1S/C14H15ClN2O/c15-12-6-4-10(5-7-12)9-17-14(18)13-3-1-2-11(13)8-16/h4-7,11,13H,1-3,9H2,(H,17,18). The molecule has 2 unspecified atom stereocenters. The van der Waals surface area contributed by atoms with Gasteiger partial charge >= 0.3 is 0 Å². The number of nitriles is 1. The van der Waals surface area contributed by atoms with Crippen molar-refractivity contribution in [2.24, 2.45) is 11.8 Å². The molecule has 2 rings (SSSR count). The Morgan fingerprint density at radius 2 is 2.11 bits per heavy atom. The molecule has 1 amide bonds. The Morgan fingerprint density at radius 1 is 1.39 bits per heavy atom. The summed E-state index contributed by atoms with van der Waals surface area (Å²) in [5.74, 6) is -0.258. The average molecular weight is 263 g/mol. The van der Waals surface area contributed by atoms with Crippen LogP contribution >= 0.6 is 11.6 Å². The molecule has 0 radical (unpaired) electrons. The topological polar surface area (TPSA) is 52.9 Å². The highest BCUT2D eigenvalue weighted by Gasteiger charge is 2.32. The minimum atomic E-state index is -0.137. The van der Waals surface area contributed by atoms with Crippen molar-refractivity contribution >= 4 is 17.5 Å². The first-order valence-corrected chi connectivity index (χ1v) is 6.50. The lowest BCUT2D eigenvalue weighted by atomic mass is 9.97. The van der Waals surface area contributed by atoms with E-state index in [1.807, 2.05) is 12.1 Å². The molecular formula is C14H15ClN2O. The van der Waals surface area contributed by atoms with Gasteiger partial charge in [-0.15, -0.1) is 0 Å². The first-order valence-electron chi connectivity index (χ1n) is 6.12. The van der Waals surface area contributed by atoms with E-state index in [2.05, 4.69) is 11.4 Å². The van der Waals surface area contributed by atoms with E-state index in [1.165, 1.54) is 0 Å². The molecule has 0 heterocycles. The Kier molecular flexibility index (Phi) is 4.22. The average Bonchev–Trinajstić information content (AvgIpc) is 2.86.